The van der Waals surface area contributed by atoms with Gasteiger partial charge in [-0.05, 0) is 38.5 Å². The largest absolute Gasteiger partial charge is 0.375 e. The molecule has 0 aliphatic rings. The van der Waals surface area contributed by atoms with E-state index in [-0.39, 0.29) is 0 Å². The van der Waals surface area contributed by atoms with Crippen molar-refractivity contribution >= 4 is 17.4 Å². The van der Waals surface area contributed by atoms with E-state index in [0.29, 0.717) is 0 Å². The maximum atomic E-state index is 4.23. The summed E-state index contributed by atoms with van der Waals surface area (Å²) in [6.07, 6.45) is 0. The van der Waals surface area contributed by atoms with E-state index >= 15 is 0 Å². The van der Waals surface area contributed by atoms with Crippen molar-refractivity contribution in [3.05, 3.63) is 35.7 Å². The molecule has 1 aromatic heterocycles. The van der Waals surface area contributed by atoms with Gasteiger partial charge in [0.2, 0.25) is 0 Å². The Morgan fingerprint density at radius 2 is 1.85 bits per heavy atom. The van der Waals surface area contributed by atoms with Gasteiger partial charge in [-0.25, -0.2) is 0 Å². The van der Waals surface area contributed by atoms with E-state index in [9.17, 15) is 0 Å². The molecule has 0 atom stereocenters. The Bertz CT molecular complexity index is 548. The Morgan fingerprint density at radius 3 is 2.45 bits per heavy atom. The van der Waals surface area contributed by atoms with Crippen LogP contribution < -0.4 is 4.90 Å². The molecule has 0 N–H and O–H groups in total. The Hall–Kier alpha value is -1.49. The van der Waals surface area contributed by atoms with Crippen LogP contribution >= 0.6 is 11.8 Å². The lowest BCUT2D eigenvalue weighted by Crippen LogP contribution is -2.15. The molecule has 0 amide bonds. The van der Waals surface area contributed by atoms with Crippen LogP contribution in [0.1, 0.15) is 25.2 Å². The number of hydrogen-bond acceptors (Lipinski definition) is 4. The second-order valence-electron chi connectivity index (χ2n) is 4.74. The maximum Gasteiger partial charge on any atom is 0.191 e. The summed E-state index contributed by atoms with van der Waals surface area (Å²) in [5, 5.41) is 9.36. The first-order valence-corrected chi connectivity index (χ1v) is 7.97. The number of aromatic nitrogens is 3. The second-order valence-corrected chi connectivity index (χ2v) is 5.69. The third-order valence-corrected chi connectivity index (χ3v) is 4.48. The summed E-state index contributed by atoms with van der Waals surface area (Å²) in [5.41, 5.74) is 2.57. The Labute approximate surface area is 125 Å². The van der Waals surface area contributed by atoms with Gasteiger partial charge in [-0.1, -0.05) is 23.9 Å². The molecule has 2 aromatic rings. The van der Waals surface area contributed by atoms with Gasteiger partial charge in [-0.3, -0.25) is 0 Å². The van der Waals surface area contributed by atoms with Gasteiger partial charge in [0.05, 0.1) is 0 Å². The predicted molar refractivity (Wildman–Crippen MR) is 85.4 cm³/mol. The van der Waals surface area contributed by atoms with Crippen LogP contribution in [0.5, 0.6) is 0 Å². The van der Waals surface area contributed by atoms with Crippen molar-refractivity contribution in [1.82, 2.24) is 14.8 Å². The summed E-state index contributed by atoms with van der Waals surface area (Å²) in [7, 11) is 2.11. The van der Waals surface area contributed by atoms with Crippen molar-refractivity contribution in [3.63, 3.8) is 0 Å². The van der Waals surface area contributed by atoms with E-state index in [4.69, 9.17) is 0 Å². The van der Waals surface area contributed by atoms with Crippen LogP contribution in [-0.2, 0) is 12.3 Å². The van der Waals surface area contributed by atoms with Crippen LogP contribution in [0, 0.1) is 6.92 Å². The number of thioether (sulfide) groups is 1. The van der Waals surface area contributed by atoms with Crippen molar-refractivity contribution in [1.29, 1.82) is 0 Å². The van der Waals surface area contributed by atoms with Crippen molar-refractivity contribution < 1.29 is 0 Å². The summed E-state index contributed by atoms with van der Waals surface area (Å²) < 4.78 is 2.14. The fraction of sp³-hybridized carbons (Fsp3) is 0.467. The normalized spacial score (nSPS) is 10.8. The van der Waals surface area contributed by atoms with Gasteiger partial charge in [0.1, 0.15) is 5.82 Å². The highest BCUT2D eigenvalue weighted by atomic mass is 32.2. The topological polar surface area (TPSA) is 34.0 Å². The van der Waals surface area contributed by atoms with Crippen LogP contribution in [0.25, 0.3) is 0 Å². The van der Waals surface area contributed by atoms with Crippen LogP contribution in [0.15, 0.2) is 29.4 Å². The SMILES string of the molecule is CCN(C)c1ccc(CSc2nnc(C)n2CC)cc1. The van der Waals surface area contributed by atoms with E-state index < -0.39 is 0 Å². The summed E-state index contributed by atoms with van der Waals surface area (Å²) in [6, 6.07) is 8.73. The quantitative estimate of drug-likeness (QED) is 0.764. The molecule has 5 heteroatoms. The molecule has 2 rings (SSSR count). The highest BCUT2D eigenvalue weighted by Crippen LogP contribution is 2.23. The minimum absolute atomic E-state index is 0.918. The lowest BCUT2D eigenvalue weighted by molar-refractivity contribution is 0.662. The van der Waals surface area contributed by atoms with Crippen LogP contribution in [0.4, 0.5) is 5.69 Å². The van der Waals surface area contributed by atoms with E-state index in [1.165, 1.54) is 11.3 Å². The lowest BCUT2D eigenvalue weighted by Gasteiger charge is -2.16. The highest BCUT2D eigenvalue weighted by molar-refractivity contribution is 7.98. The molecule has 1 heterocycles. The molecule has 0 fully saturated rings. The Balaban J connectivity index is 2.00. The fourth-order valence-electron chi connectivity index (χ4n) is 2.01. The third-order valence-electron chi connectivity index (χ3n) is 3.44. The monoisotopic (exact) mass is 290 g/mol. The van der Waals surface area contributed by atoms with Crippen molar-refractivity contribution in [2.45, 2.75) is 38.2 Å². The summed E-state index contributed by atoms with van der Waals surface area (Å²) in [5.74, 6) is 1.91. The van der Waals surface area contributed by atoms with Crippen molar-refractivity contribution in [2.75, 3.05) is 18.5 Å². The average Bonchev–Trinajstić information content (AvgIpc) is 2.85. The van der Waals surface area contributed by atoms with Gasteiger partial charge in [0.15, 0.2) is 5.16 Å². The standard InChI is InChI=1S/C15H22N4S/c1-5-18(4)14-9-7-13(8-10-14)11-20-15-17-16-12(3)19(15)6-2/h7-10H,5-6,11H2,1-4H3. The average molecular weight is 290 g/mol. The first kappa shape index (κ1) is 14.9. The molecule has 0 saturated carbocycles. The van der Waals surface area contributed by atoms with Gasteiger partial charge in [-0.2, -0.15) is 0 Å². The molecule has 0 spiro atoms. The van der Waals surface area contributed by atoms with Gasteiger partial charge in [0.25, 0.3) is 0 Å². The van der Waals surface area contributed by atoms with Gasteiger partial charge in [-0.15, -0.1) is 10.2 Å². The molecule has 0 saturated heterocycles. The number of aryl methyl sites for hydroxylation is 1. The molecule has 20 heavy (non-hydrogen) atoms. The number of nitrogens with zero attached hydrogens (tertiary/aromatic N) is 4. The molecule has 1 aromatic carbocycles. The van der Waals surface area contributed by atoms with Crippen molar-refractivity contribution in [2.24, 2.45) is 0 Å². The Morgan fingerprint density at radius 1 is 1.15 bits per heavy atom. The minimum Gasteiger partial charge on any atom is -0.375 e. The zero-order valence-electron chi connectivity index (χ0n) is 12.6. The summed E-state index contributed by atoms with van der Waals surface area (Å²) in [4.78, 5) is 2.23. The highest BCUT2D eigenvalue weighted by Gasteiger charge is 2.08. The van der Waals surface area contributed by atoms with E-state index in [1.807, 2.05) is 6.92 Å². The molecule has 0 aliphatic carbocycles. The zero-order chi connectivity index (χ0) is 14.5. The number of benzene rings is 1. The molecule has 4 nitrogen and oxygen atoms in total. The Kier molecular flexibility index (Phi) is 5.06. The minimum atomic E-state index is 0.918. The summed E-state index contributed by atoms with van der Waals surface area (Å²) >= 11 is 1.74. The molecular weight excluding hydrogens is 268 g/mol. The molecule has 0 bridgehead atoms. The number of rotatable bonds is 6. The fourth-order valence-corrected chi connectivity index (χ4v) is 3.01. The number of hydrogen-bond donors (Lipinski definition) is 0. The smallest absolute Gasteiger partial charge is 0.191 e. The lowest BCUT2D eigenvalue weighted by atomic mass is 10.2. The van der Waals surface area contributed by atoms with Gasteiger partial charge >= 0.3 is 0 Å². The summed E-state index contributed by atoms with van der Waals surface area (Å²) in [6.45, 7) is 8.21. The first-order chi connectivity index (χ1) is 9.65. The van der Waals surface area contributed by atoms with Crippen LogP contribution in [0.2, 0.25) is 0 Å². The molecule has 0 unspecified atom stereocenters. The predicted octanol–water partition coefficient (Wildman–Crippen LogP) is 3.35. The maximum absolute atomic E-state index is 4.23. The molecule has 0 aliphatic heterocycles. The van der Waals surface area contributed by atoms with Gasteiger partial charge < -0.3 is 9.47 Å². The van der Waals surface area contributed by atoms with E-state index in [0.717, 1.165) is 29.8 Å². The van der Waals surface area contributed by atoms with E-state index in [2.05, 4.69) is 64.8 Å². The van der Waals surface area contributed by atoms with Gasteiger partial charge in [0, 0.05) is 31.6 Å². The molecule has 108 valence electrons. The third kappa shape index (κ3) is 3.33. The molecular formula is C15H22N4S. The zero-order valence-corrected chi connectivity index (χ0v) is 13.4. The first-order valence-electron chi connectivity index (χ1n) is 6.98. The number of anilines is 1. The molecule has 0 radical (unpaired) electrons. The van der Waals surface area contributed by atoms with Crippen LogP contribution in [-0.4, -0.2) is 28.4 Å². The second kappa shape index (κ2) is 6.79. The van der Waals surface area contributed by atoms with E-state index in [1.54, 1.807) is 11.8 Å². The van der Waals surface area contributed by atoms with Crippen molar-refractivity contribution in [3.8, 4) is 0 Å². The van der Waals surface area contributed by atoms with Crippen LogP contribution in [0.3, 0.4) is 0 Å².